The van der Waals surface area contributed by atoms with Crippen molar-refractivity contribution >= 4 is 0 Å². The monoisotopic (exact) mass is 256 g/mol. The minimum atomic E-state index is -0.0613. The second-order valence-corrected chi connectivity index (χ2v) is 6.06. The van der Waals surface area contributed by atoms with E-state index in [9.17, 15) is 5.11 Å². The normalized spacial score (nSPS) is 20.5. The molecule has 1 rings (SSSR count). The average molecular weight is 256 g/mol. The molecule has 3 heteroatoms. The van der Waals surface area contributed by atoms with Gasteiger partial charge in [-0.1, -0.05) is 19.8 Å². The molecule has 1 aliphatic rings. The van der Waals surface area contributed by atoms with Gasteiger partial charge in [-0.15, -0.1) is 0 Å². The van der Waals surface area contributed by atoms with Gasteiger partial charge in [0.25, 0.3) is 0 Å². The van der Waals surface area contributed by atoms with Crippen LogP contribution in [0, 0.1) is 5.92 Å². The van der Waals surface area contributed by atoms with E-state index in [-0.39, 0.29) is 12.1 Å². The lowest BCUT2D eigenvalue weighted by Gasteiger charge is -2.31. The Morgan fingerprint density at radius 3 is 2.50 bits per heavy atom. The van der Waals surface area contributed by atoms with Crippen LogP contribution in [0.4, 0.5) is 0 Å². The van der Waals surface area contributed by atoms with Crippen molar-refractivity contribution in [3.05, 3.63) is 0 Å². The molecule has 3 nitrogen and oxygen atoms in total. The number of rotatable bonds is 9. The summed E-state index contributed by atoms with van der Waals surface area (Å²) < 4.78 is 0. The highest BCUT2D eigenvalue weighted by Gasteiger charge is 2.24. The quantitative estimate of drug-likeness (QED) is 0.664. The zero-order chi connectivity index (χ0) is 13.4. The first-order valence-electron chi connectivity index (χ1n) is 7.64. The molecule has 0 amide bonds. The number of hydrogen-bond acceptors (Lipinski definition) is 3. The van der Waals surface area contributed by atoms with Crippen molar-refractivity contribution in [3.63, 3.8) is 0 Å². The van der Waals surface area contributed by atoms with Gasteiger partial charge in [0.05, 0.1) is 6.61 Å². The summed E-state index contributed by atoms with van der Waals surface area (Å²) in [6.07, 6.45) is 8.94. The molecule has 1 unspecified atom stereocenters. The van der Waals surface area contributed by atoms with Gasteiger partial charge in [-0.25, -0.2) is 0 Å². The van der Waals surface area contributed by atoms with Crippen LogP contribution >= 0.6 is 0 Å². The first-order valence-corrected chi connectivity index (χ1v) is 7.64. The third kappa shape index (κ3) is 4.87. The van der Waals surface area contributed by atoms with Gasteiger partial charge >= 0.3 is 0 Å². The molecule has 0 aromatic carbocycles. The summed E-state index contributed by atoms with van der Waals surface area (Å²) in [5.74, 6) is 0.938. The molecule has 0 spiro atoms. The fraction of sp³-hybridized carbons (Fsp3) is 1.00. The molecule has 0 aromatic rings. The van der Waals surface area contributed by atoms with Crippen LogP contribution in [0.1, 0.15) is 51.9 Å². The fourth-order valence-electron chi connectivity index (χ4n) is 3.16. The summed E-state index contributed by atoms with van der Waals surface area (Å²) in [6, 6.07) is 0. The molecule has 108 valence electrons. The second kappa shape index (κ2) is 8.13. The molecule has 1 aliphatic carbocycles. The lowest BCUT2D eigenvalue weighted by Crippen LogP contribution is -2.46. The summed E-state index contributed by atoms with van der Waals surface area (Å²) in [6.45, 7) is 4.80. The molecule has 0 heterocycles. The highest BCUT2D eigenvalue weighted by Crippen LogP contribution is 2.25. The molecule has 18 heavy (non-hydrogen) atoms. The Morgan fingerprint density at radius 2 is 2.00 bits per heavy atom. The topological polar surface area (TPSA) is 35.5 Å². The van der Waals surface area contributed by atoms with Gasteiger partial charge in [-0.05, 0) is 58.7 Å². The number of nitrogens with zero attached hydrogens (tertiary/aromatic N) is 1. The summed E-state index contributed by atoms with van der Waals surface area (Å²) in [4.78, 5) is 2.48. The van der Waals surface area contributed by atoms with Crippen LogP contribution in [0.3, 0.4) is 0 Å². The van der Waals surface area contributed by atoms with E-state index in [1.165, 1.54) is 38.6 Å². The van der Waals surface area contributed by atoms with Crippen LogP contribution in [0.2, 0.25) is 0 Å². The van der Waals surface area contributed by atoms with Crippen LogP contribution < -0.4 is 5.32 Å². The predicted octanol–water partition coefficient (Wildman–Crippen LogP) is 2.25. The molecule has 1 saturated carbocycles. The van der Waals surface area contributed by atoms with E-state index in [1.54, 1.807) is 0 Å². The summed E-state index contributed by atoms with van der Waals surface area (Å²) in [7, 11) is 4.20. The van der Waals surface area contributed by atoms with Crippen molar-refractivity contribution < 1.29 is 5.11 Å². The molecule has 1 fully saturated rings. The van der Waals surface area contributed by atoms with Crippen molar-refractivity contribution in [1.29, 1.82) is 0 Å². The number of nitrogens with one attached hydrogen (secondary N) is 1. The average Bonchev–Trinajstić information content (AvgIpc) is 2.88. The smallest absolute Gasteiger partial charge is 0.0613 e. The minimum Gasteiger partial charge on any atom is -0.394 e. The number of hydrogen-bond donors (Lipinski definition) is 2. The standard InChI is InChI=1S/C15H32N2O/c1-4-15(13-18,16-2)10-7-11-17(3)12-14-8-5-6-9-14/h14,16,18H,4-13H2,1-3H3. The maximum atomic E-state index is 9.50. The first kappa shape index (κ1) is 15.9. The van der Waals surface area contributed by atoms with Gasteiger partial charge in [0, 0.05) is 12.1 Å². The van der Waals surface area contributed by atoms with Gasteiger partial charge in [0.2, 0.25) is 0 Å². The van der Waals surface area contributed by atoms with E-state index >= 15 is 0 Å². The summed E-state index contributed by atoms with van der Waals surface area (Å²) in [5.41, 5.74) is -0.0613. The van der Waals surface area contributed by atoms with Crippen LogP contribution in [0.5, 0.6) is 0 Å². The SMILES string of the molecule is CCC(CO)(CCCN(C)CC1CCCC1)NC. The third-order valence-electron chi connectivity index (χ3n) is 4.75. The van der Waals surface area contributed by atoms with Gasteiger partial charge in [0.15, 0.2) is 0 Å². The number of aliphatic hydroxyl groups is 1. The lowest BCUT2D eigenvalue weighted by atomic mass is 9.91. The zero-order valence-electron chi connectivity index (χ0n) is 12.5. The Hall–Kier alpha value is -0.120. The van der Waals surface area contributed by atoms with Crippen LogP contribution in [0.25, 0.3) is 0 Å². The van der Waals surface area contributed by atoms with E-state index < -0.39 is 0 Å². The van der Waals surface area contributed by atoms with Gasteiger partial charge in [-0.3, -0.25) is 0 Å². The Labute approximate surface area is 113 Å². The molecule has 0 bridgehead atoms. The van der Waals surface area contributed by atoms with E-state index in [1.807, 2.05) is 7.05 Å². The van der Waals surface area contributed by atoms with Crippen molar-refractivity contribution in [1.82, 2.24) is 10.2 Å². The molecule has 0 radical (unpaired) electrons. The summed E-state index contributed by atoms with van der Waals surface area (Å²) >= 11 is 0. The number of aliphatic hydroxyl groups excluding tert-OH is 1. The Morgan fingerprint density at radius 1 is 1.33 bits per heavy atom. The fourth-order valence-corrected chi connectivity index (χ4v) is 3.16. The Balaban J connectivity index is 2.18. The molecule has 0 aromatic heterocycles. The predicted molar refractivity (Wildman–Crippen MR) is 77.9 cm³/mol. The summed E-state index contributed by atoms with van der Waals surface area (Å²) in [5, 5.41) is 12.8. The van der Waals surface area contributed by atoms with Crippen LogP contribution in [-0.4, -0.2) is 49.3 Å². The largest absolute Gasteiger partial charge is 0.394 e. The third-order valence-corrected chi connectivity index (χ3v) is 4.75. The highest BCUT2D eigenvalue weighted by atomic mass is 16.3. The molecule has 1 atom stereocenters. The molecule has 0 saturated heterocycles. The molecular formula is C15H32N2O. The van der Waals surface area contributed by atoms with E-state index in [0.29, 0.717) is 0 Å². The first-order chi connectivity index (χ1) is 8.65. The van der Waals surface area contributed by atoms with E-state index in [2.05, 4.69) is 24.2 Å². The Bertz CT molecular complexity index is 202. The van der Waals surface area contributed by atoms with E-state index in [0.717, 1.165) is 25.3 Å². The van der Waals surface area contributed by atoms with Gasteiger partial charge in [0.1, 0.15) is 0 Å². The number of likely N-dealkylation sites (N-methyl/N-ethyl adjacent to an activating group) is 1. The molecular weight excluding hydrogens is 224 g/mol. The second-order valence-electron chi connectivity index (χ2n) is 6.06. The zero-order valence-corrected chi connectivity index (χ0v) is 12.5. The molecule has 0 aliphatic heterocycles. The highest BCUT2D eigenvalue weighted by molar-refractivity contribution is 4.84. The molecule has 2 N–H and O–H groups in total. The Kier molecular flexibility index (Phi) is 7.20. The maximum absolute atomic E-state index is 9.50. The van der Waals surface area contributed by atoms with Gasteiger partial charge < -0.3 is 15.3 Å². The van der Waals surface area contributed by atoms with Crippen LogP contribution in [-0.2, 0) is 0 Å². The minimum absolute atomic E-state index is 0.0613. The van der Waals surface area contributed by atoms with Crippen molar-refractivity contribution in [2.24, 2.45) is 5.92 Å². The van der Waals surface area contributed by atoms with Crippen molar-refractivity contribution in [3.8, 4) is 0 Å². The lowest BCUT2D eigenvalue weighted by molar-refractivity contribution is 0.146. The van der Waals surface area contributed by atoms with E-state index in [4.69, 9.17) is 0 Å². The maximum Gasteiger partial charge on any atom is 0.0613 e. The van der Waals surface area contributed by atoms with Crippen molar-refractivity contribution in [2.75, 3.05) is 33.8 Å². The van der Waals surface area contributed by atoms with Gasteiger partial charge in [-0.2, -0.15) is 0 Å². The van der Waals surface area contributed by atoms with Crippen molar-refractivity contribution in [2.45, 2.75) is 57.4 Å². The van der Waals surface area contributed by atoms with Crippen LogP contribution in [0.15, 0.2) is 0 Å².